The van der Waals surface area contributed by atoms with Crippen molar-refractivity contribution in [1.82, 2.24) is 5.32 Å². The van der Waals surface area contributed by atoms with Crippen molar-refractivity contribution in [1.29, 1.82) is 0 Å². The maximum Gasteiger partial charge on any atom is 0.0440 e. The standard InChI is InChI=1S/C14H22ClN/c1-5-16-10-14(3,4)9-12-7-6-11(2)8-13(12)15/h6-8,16H,5,9-10H2,1-4H3. The normalized spacial score (nSPS) is 11.8. The van der Waals surface area contributed by atoms with Gasteiger partial charge in [-0.15, -0.1) is 0 Å². The molecule has 0 saturated heterocycles. The zero-order valence-electron chi connectivity index (χ0n) is 10.7. The van der Waals surface area contributed by atoms with Crippen molar-refractivity contribution in [3.8, 4) is 0 Å². The second-order valence-corrected chi connectivity index (χ2v) is 5.62. The quantitative estimate of drug-likeness (QED) is 0.824. The van der Waals surface area contributed by atoms with Crippen LogP contribution in [0.5, 0.6) is 0 Å². The predicted octanol–water partition coefficient (Wildman–Crippen LogP) is 3.83. The lowest BCUT2D eigenvalue weighted by Gasteiger charge is -2.25. The van der Waals surface area contributed by atoms with E-state index in [1.165, 1.54) is 11.1 Å². The Kier molecular flexibility index (Phi) is 4.82. The number of rotatable bonds is 5. The summed E-state index contributed by atoms with van der Waals surface area (Å²) >= 11 is 6.25. The van der Waals surface area contributed by atoms with Crippen LogP contribution in [0, 0.1) is 12.3 Å². The first-order valence-corrected chi connectivity index (χ1v) is 6.28. The molecule has 1 rings (SSSR count). The highest BCUT2D eigenvalue weighted by atomic mass is 35.5. The van der Waals surface area contributed by atoms with Crippen LogP contribution in [0.25, 0.3) is 0 Å². The zero-order valence-corrected chi connectivity index (χ0v) is 11.5. The maximum atomic E-state index is 6.25. The van der Waals surface area contributed by atoms with Crippen molar-refractivity contribution in [2.75, 3.05) is 13.1 Å². The topological polar surface area (TPSA) is 12.0 Å². The van der Waals surface area contributed by atoms with Crippen molar-refractivity contribution >= 4 is 11.6 Å². The van der Waals surface area contributed by atoms with E-state index in [9.17, 15) is 0 Å². The average molecular weight is 240 g/mol. The van der Waals surface area contributed by atoms with Gasteiger partial charge < -0.3 is 5.32 Å². The van der Waals surface area contributed by atoms with Crippen LogP contribution in [-0.4, -0.2) is 13.1 Å². The molecule has 1 N–H and O–H groups in total. The van der Waals surface area contributed by atoms with Gasteiger partial charge in [-0.2, -0.15) is 0 Å². The van der Waals surface area contributed by atoms with E-state index in [0.29, 0.717) is 0 Å². The molecule has 1 aromatic rings. The minimum absolute atomic E-state index is 0.245. The van der Waals surface area contributed by atoms with Gasteiger partial charge in [0.1, 0.15) is 0 Å². The first-order valence-electron chi connectivity index (χ1n) is 5.90. The summed E-state index contributed by atoms with van der Waals surface area (Å²) in [4.78, 5) is 0. The van der Waals surface area contributed by atoms with Crippen LogP contribution in [0.4, 0.5) is 0 Å². The molecule has 0 aliphatic heterocycles. The largest absolute Gasteiger partial charge is 0.316 e. The summed E-state index contributed by atoms with van der Waals surface area (Å²) in [6.07, 6.45) is 1.01. The van der Waals surface area contributed by atoms with Gasteiger partial charge in [-0.05, 0) is 42.5 Å². The fraction of sp³-hybridized carbons (Fsp3) is 0.571. The van der Waals surface area contributed by atoms with Crippen LogP contribution in [0.1, 0.15) is 31.9 Å². The Bertz CT molecular complexity index is 345. The van der Waals surface area contributed by atoms with Gasteiger partial charge in [0, 0.05) is 11.6 Å². The van der Waals surface area contributed by atoms with E-state index >= 15 is 0 Å². The van der Waals surface area contributed by atoms with Crippen molar-refractivity contribution in [2.45, 2.75) is 34.1 Å². The van der Waals surface area contributed by atoms with Gasteiger partial charge in [-0.1, -0.05) is 44.5 Å². The second-order valence-electron chi connectivity index (χ2n) is 5.22. The molecule has 0 heterocycles. The SMILES string of the molecule is CCNCC(C)(C)Cc1ccc(C)cc1Cl. The lowest BCUT2D eigenvalue weighted by Crippen LogP contribution is -2.31. The number of hydrogen-bond acceptors (Lipinski definition) is 1. The highest BCUT2D eigenvalue weighted by Gasteiger charge is 2.19. The molecule has 0 fully saturated rings. The molecular weight excluding hydrogens is 218 g/mol. The molecule has 90 valence electrons. The molecule has 0 saturated carbocycles. The van der Waals surface area contributed by atoms with Gasteiger partial charge in [-0.25, -0.2) is 0 Å². The smallest absolute Gasteiger partial charge is 0.0440 e. The van der Waals surface area contributed by atoms with Gasteiger partial charge in [0.05, 0.1) is 0 Å². The van der Waals surface area contributed by atoms with Gasteiger partial charge in [0.2, 0.25) is 0 Å². The Balaban J connectivity index is 2.71. The maximum absolute atomic E-state index is 6.25. The number of hydrogen-bond donors (Lipinski definition) is 1. The van der Waals surface area contributed by atoms with Crippen LogP contribution >= 0.6 is 11.6 Å². The Labute approximate surface area is 104 Å². The number of nitrogens with one attached hydrogen (secondary N) is 1. The molecule has 0 bridgehead atoms. The van der Waals surface area contributed by atoms with Gasteiger partial charge in [0.25, 0.3) is 0 Å². The number of aryl methyl sites for hydroxylation is 1. The summed E-state index contributed by atoms with van der Waals surface area (Å²) in [5.74, 6) is 0. The van der Waals surface area contributed by atoms with E-state index in [-0.39, 0.29) is 5.41 Å². The van der Waals surface area contributed by atoms with Crippen LogP contribution in [0.3, 0.4) is 0 Å². The third-order valence-electron chi connectivity index (χ3n) is 2.73. The first kappa shape index (κ1) is 13.5. The molecule has 0 unspecified atom stereocenters. The number of halogens is 1. The summed E-state index contributed by atoms with van der Waals surface area (Å²) in [7, 11) is 0. The molecule has 16 heavy (non-hydrogen) atoms. The molecule has 0 aliphatic carbocycles. The monoisotopic (exact) mass is 239 g/mol. The summed E-state index contributed by atoms with van der Waals surface area (Å²) in [5, 5.41) is 4.29. The van der Waals surface area contributed by atoms with Crippen LogP contribution in [0.2, 0.25) is 5.02 Å². The Morgan fingerprint density at radius 2 is 2.00 bits per heavy atom. The molecule has 0 atom stereocenters. The lowest BCUT2D eigenvalue weighted by atomic mass is 9.85. The van der Waals surface area contributed by atoms with Gasteiger partial charge in [-0.3, -0.25) is 0 Å². The summed E-state index contributed by atoms with van der Waals surface area (Å²) < 4.78 is 0. The van der Waals surface area contributed by atoms with Crippen molar-refractivity contribution < 1.29 is 0 Å². The van der Waals surface area contributed by atoms with Crippen LogP contribution < -0.4 is 5.32 Å². The van der Waals surface area contributed by atoms with Crippen LogP contribution in [0.15, 0.2) is 18.2 Å². The molecular formula is C14H22ClN. The highest BCUT2D eigenvalue weighted by molar-refractivity contribution is 6.31. The third-order valence-corrected chi connectivity index (χ3v) is 3.08. The van der Waals surface area contributed by atoms with Crippen molar-refractivity contribution in [2.24, 2.45) is 5.41 Å². The van der Waals surface area contributed by atoms with Crippen molar-refractivity contribution in [3.63, 3.8) is 0 Å². The Morgan fingerprint density at radius 1 is 1.31 bits per heavy atom. The molecule has 2 heteroatoms. The van der Waals surface area contributed by atoms with E-state index in [2.05, 4.69) is 45.1 Å². The molecule has 0 aromatic heterocycles. The summed E-state index contributed by atoms with van der Waals surface area (Å²) in [5.41, 5.74) is 2.71. The summed E-state index contributed by atoms with van der Waals surface area (Å²) in [6.45, 7) is 10.8. The average Bonchev–Trinajstić information content (AvgIpc) is 2.19. The molecule has 1 aromatic carbocycles. The Morgan fingerprint density at radius 3 is 2.56 bits per heavy atom. The molecule has 0 amide bonds. The minimum Gasteiger partial charge on any atom is -0.316 e. The second kappa shape index (κ2) is 5.70. The Hall–Kier alpha value is -0.530. The van der Waals surface area contributed by atoms with E-state index in [1.54, 1.807) is 0 Å². The van der Waals surface area contributed by atoms with Crippen LogP contribution in [-0.2, 0) is 6.42 Å². The molecule has 0 spiro atoms. The molecule has 0 aliphatic rings. The third kappa shape index (κ3) is 4.15. The number of benzene rings is 1. The van der Waals surface area contributed by atoms with Crippen molar-refractivity contribution in [3.05, 3.63) is 34.3 Å². The zero-order chi connectivity index (χ0) is 12.2. The van der Waals surface area contributed by atoms with Gasteiger partial charge in [0.15, 0.2) is 0 Å². The molecule has 0 radical (unpaired) electrons. The van der Waals surface area contributed by atoms with E-state index < -0.39 is 0 Å². The van der Waals surface area contributed by atoms with E-state index in [0.717, 1.165) is 24.5 Å². The fourth-order valence-corrected chi connectivity index (χ4v) is 2.14. The fourth-order valence-electron chi connectivity index (χ4n) is 1.84. The highest BCUT2D eigenvalue weighted by Crippen LogP contribution is 2.26. The van der Waals surface area contributed by atoms with E-state index in [1.807, 2.05) is 6.07 Å². The lowest BCUT2D eigenvalue weighted by molar-refractivity contribution is 0.342. The molecule has 1 nitrogen and oxygen atoms in total. The first-order chi connectivity index (χ1) is 7.44. The van der Waals surface area contributed by atoms with Gasteiger partial charge >= 0.3 is 0 Å². The summed E-state index contributed by atoms with van der Waals surface area (Å²) in [6, 6.07) is 6.32. The minimum atomic E-state index is 0.245. The predicted molar refractivity (Wildman–Crippen MR) is 72.2 cm³/mol. The van der Waals surface area contributed by atoms with E-state index in [4.69, 9.17) is 11.6 Å².